The number of nitrogens with one attached hydrogen (secondary N) is 1. The molecule has 142 valence electrons. The highest BCUT2D eigenvalue weighted by molar-refractivity contribution is 7.10. The normalized spacial score (nSPS) is 12.6. The standard InChI is InChI=1S/C21H25N3O2S/c1-21(2,3)16-7-9-17(10-8-16)26-15-20(25)22-14-18(19-6-4-13-27-19)24-12-5-11-23-24/h4-13,18H,14-15H2,1-3H3,(H,22,25). The highest BCUT2D eigenvalue weighted by Gasteiger charge is 2.17. The predicted octanol–water partition coefficient (Wildman–Crippen LogP) is 4.03. The van der Waals surface area contributed by atoms with Gasteiger partial charge in [-0.1, -0.05) is 39.0 Å². The Hall–Kier alpha value is -2.60. The van der Waals surface area contributed by atoms with Gasteiger partial charge in [0, 0.05) is 23.8 Å². The molecule has 0 fully saturated rings. The molecule has 1 aromatic carbocycles. The number of hydrogen-bond acceptors (Lipinski definition) is 4. The topological polar surface area (TPSA) is 56.1 Å². The van der Waals surface area contributed by atoms with Crippen LogP contribution < -0.4 is 10.1 Å². The Morgan fingerprint density at radius 2 is 2.00 bits per heavy atom. The van der Waals surface area contributed by atoms with Gasteiger partial charge in [0.1, 0.15) is 11.8 Å². The summed E-state index contributed by atoms with van der Waals surface area (Å²) < 4.78 is 7.48. The average molecular weight is 384 g/mol. The molecule has 0 spiro atoms. The number of amides is 1. The Kier molecular flexibility index (Phi) is 5.96. The van der Waals surface area contributed by atoms with E-state index < -0.39 is 0 Å². The summed E-state index contributed by atoms with van der Waals surface area (Å²) in [6, 6.07) is 13.8. The Balaban J connectivity index is 1.53. The Morgan fingerprint density at radius 1 is 1.22 bits per heavy atom. The van der Waals surface area contributed by atoms with Crippen LogP contribution in [0, 0.1) is 0 Å². The van der Waals surface area contributed by atoms with Crippen molar-refractivity contribution in [3.8, 4) is 5.75 Å². The van der Waals surface area contributed by atoms with E-state index >= 15 is 0 Å². The van der Waals surface area contributed by atoms with Crippen molar-refractivity contribution in [2.75, 3.05) is 13.2 Å². The van der Waals surface area contributed by atoms with Crippen LogP contribution in [0.1, 0.15) is 37.3 Å². The van der Waals surface area contributed by atoms with E-state index in [9.17, 15) is 4.79 Å². The third-order valence-corrected chi connectivity index (χ3v) is 5.27. The number of carbonyl (C=O) groups excluding carboxylic acids is 1. The maximum absolute atomic E-state index is 12.2. The highest BCUT2D eigenvalue weighted by atomic mass is 32.1. The molecule has 3 aromatic rings. The van der Waals surface area contributed by atoms with Crippen LogP contribution in [0.5, 0.6) is 5.75 Å². The summed E-state index contributed by atoms with van der Waals surface area (Å²) in [5.41, 5.74) is 1.33. The first-order valence-electron chi connectivity index (χ1n) is 8.96. The van der Waals surface area contributed by atoms with Gasteiger partial charge >= 0.3 is 0 Å². The van der Waals surface area contributed by atoms with E-state index in [1.807, 2.05) is 52.7 Å². The number of thiophene rings is 1. The minimum atomic E-state index is -0.149. The molecule has 0 saturated heterocycles. The Bertz CT molecular complexity index is 800. The number of aromatic nitrogens is 2. The second-order valence-electron chi connectivity index (χ2n) is 7.38. The van der Waals surface area contributed by atoms with E-state index in [1.165, 1.54) is 5.56 Å². The second kappa shape index (κ2) is 8.39. The van der Waals surface area contributed by atoms with Crippen LogP contribution in [0.15, 0.2) is 60.2 Å². The molecule has 0 aliphatic rings. The number of hydrogen-bond donors (Lipinski definition) is 1. The molecule has 2 heterocycles. The molecule has 2 aromatic heterocycles. The van der Waals surface area contributed by atoms with E-state index in [2.05, 4.69) is 37.3 Å². The fraction of sp³-hybridized carbons (Fsp3) is 0.333. The predicted molar refractivity (Wildman–Crippen MR) is 108 cm³/mol. The monoisotopic (exact) mass is 383 g/mol. The van der Waals surface area contributed by atoms with Gasteiger partial charge in [-0.15, -0.1) is 11.3 Å². The van der Waals surface area contributed by atoms with E-state index in [-0.39, 0.29) is 24.0 Å². The molecule has 0 aliphatic carbocycles. The zero-order valence-electron chi connectivity index (χ0n) is 15.9. The van der Waals surface area contributed by atoms with Crippen molar-refractivity contribution in [3.63, 3.8) is 0 Å². The minimum Gasteiger partial charge on any atom is -0.484 e. The fourth-order valence-electron chi connectivity index (χ4n) is 2.73. The lowest BCUT2D eigenvalue weighted by atomic mass is 9.87. The van der Waals surface area contributed by atoms with Gasteiger partial charge < -0.3 is 10.1 Å². The van der Waals surface area contributed by atoms with Crippen molar-refractivity contribution in [2.24, 2.45) is 0 Å². The quantitative estimate of drug-likeness (QED) is 0.670. The number of carbonyl (C=O) groups is 1. The summed E-state index contributed by atoms with van der Waals surface area (Å²) >= 11 is 1.65. The molecular weight excluding hydrogens is 358 g/mol. The van der Waals surface area contributed by atoms with Crippen LogP contribution >= 0.6 is 11.3 Å². The van der Waals surface area contributed by atoms with Crippen LogP contribution in [0.4, 0.5) is 0 Å². The van der Waals surface area contributed by atoms with Crippen LogP contribution in [0.2, 0.25) is 0 Å². The summed E-state index contributed by atoms with van der Waals surface area (Å²) in [4.78, 5) is 13.4. The summed E-state index contributed by atoms with van der Waals surface area (Å²) in [6.45, 7) is 6.96. The number of rotatable bonds is 7. The first-order chi connectivity index (χ1) is 12.9. The van der Waals surface area contributed by atoms with Gasteiger partial charge in [0.15, 0.2) is 6.61 Å². The third kappa shape index (κ3) is 5.20. The summed E-state index contributed by atoms with van der Waals surface area (Å²) in [5, 5.41) is 9.29. The molecule has 1 atom stereocenters. The summed E-state index contributed by atoms with van der Waals surface area (Å²) in [6.07, 6.45) is 3.65. The zero-order valence-corrected chi connectivity index (χ0v) is 16.7. The van der Waals surface area contributed by atoms with E-state index in [4.69, 9.17) is 4.74 Å². The second-order valence-corrected chi connectivity index (χ2v) is 8.36. The maximum Gasteiger partial charge on any atom is 0.258 e. The summed E-state index contributed by atoms with van der Waals surface area (Å²) in [7, 11) is 0. The average Bonchev–Trinajstić information content (AvgIpc) is 3.34. The van der Waals surface area contributed by atoms with Crippen molar-refractivity contribution in [3.05, 3.63) is 70.7 Å². The molecule has 1 amide bonds. The van der Waals surface area contributed by atoms with Gasteiger partial charge in [0.2, 0.25) is 0 Å². The van der Waals surface area contributed by atoms with Gasteiger partial charge in [-0.05, 0) is 40.6 Å². The molecular formula is C21H25N3O2S. The van der Waals surface area contributed by atoms with Gasteiger partial charge in [-0.25, -0.2) is 0 Å². The van der Waals surface area contributed by atoms with E-state index in [1.54, 1.807) is 17.5 Å². The van der Waals surface area contributed by atoms with Crippen LogP contribution in [0.25, 0.3) is 0 Å². The molecule has 5 nitrogen and oxygen atoms in total. The lowest BCUT2D eigenvalue weighted by Gasteiger charge is -2.19. The van der Waals surface area contributed by atoms with Gasteiger partial charge in [-0.2, -0.15) is 5.10 Å². The molecule has 0 radical (unpaired) electrons. The Labute approximate surface area is 164 Å². The molecule has 0 aliphatic heterocycles. The first-order valence-corrected chi connectivity index (χ1v) is 9.84. The molecule has 27 heavy (non-hydrogen) atoms. The summed E-state index contributed by atoms with van der Waals surface area (Å²) in [5.74, 6) is 0.545. The van der Waals surface area contributed by atoms with Crippen molar-refractivity contribution < 1.29 is 9.53 Å². The lowest BCUT2D eigenvalue weighted by Crippen LogP contribution is -2.34. The van der Waals surface area contributed by atoms with Crippen LogP contribution in [-0.2, 0) is 10.2 Å². The first kappa shape index (κ1) is 19.2. The van der Waals surface area contributed by atoms with Crippen molar-refractivity contribution >= 4 is 17.2 Å². The third-order valence-electron chi connectivity index (χ3n) is 4.30. The van der Waals surface area contributed by atoms with Gasteiger partial charge in [0.05, 0.1) is 0 Å². The van der Waals surface area contributed by atoms with Crippen molar-refractivity contribution in [1.82, 2.24) is 15.1 Å². The number of nitrogens with zero attached hydrogens (tertiary/aromatic N) is 2. The molecule has 1 unspecified atom stereocenters. The van der Waals surface area contributed by atoms with Crippen LogP contribution in [-0.4, -0.2) is 28.8 Å². The fourth-order valence-corrected chi connectivity index (χ4v) is 3.55. The van der Waals surface area contributed by atoms with E-state index in [0.717, 1.165) is 4.88 Å². The van der Waals surface area contributed by atoms with Gasteiger partial charge in [-0.3, -0.25) is 9.48 Å². The molecule has 3 rings (SSSR count). The Morgan fingerprint density at radius 3 is 2.59 bits per heavy atom. The molecule has 6 heteroatoms. The molecule has 0 saturated carbocycles. The maximum atomic E-state index is 12.2. The molecule has 1 N–H and O–H groups in total. The SMILES string of the molecule is CC(C)(C)c1ccc(OCC(=O)NCC(c2cccs2)n2cccn2)cc1. The van der Waals surface area contributed by atoms with Crippen LogP contribution in [0.3, 0.4) is 0 Å². The van der Waals surface area contributed by atoms with E-state index in [0.29, 0.717) is 12.3 Å². The minimum absolute atomic E-state index is 0.00880. The van der Waals surface area contributed by atoms with Crippen molar-refractivity contribution in [1.29, 1.82) is 0 Å². The largest absolute Gasteiger partial charge is 0.484 e. The number of benzene rings is 1. The lowest BCUT2D eigenvalue weighted by molar-refractivity contribution is -0.123. The smallest absolute Gasteiger partial charge is 0.258 e. The van der Waals surface area contributed by atoms with Crippen molar-refractivity contribution in [2.45, 2.75) is 32.2 Å². The number of ether oxygens (including phenoxy) is 1. The highest BCUT2D eigenvalue weighted by Crippen LogP contribution is 2.24. The molecule has 0 bridgehead atoms. The van der Waals surface area contributed by atoms with Gasteiger partial charge in [0.25, 0.3) is 5.91 Å². The zero-order chi connectivity index (χ0) is 19.3.